The van der Waals surface area contributed by atoms with E-state index in [0.29, 0.717) is 0 Å². The molecule has 3 aromatic rings. The Morgan fingerprint density at radius 1 is 0.893 bits per heavy atom. The van der Waals surface area contributed by atoms with Crippen LogP contribution in [0.1, 0.15) is 17.0 Å². The number of benzene rings is 2. The van der Waals surface area contributed by atoms with Crippen LogP contribution in [-0.4, -0.2) is 45.4 Å². The normalized spacial score (nSPS) is 15.1. The maximum Gasteiger partial charge on any atom is 0.199 e. The number of para-hydroxylation sites is 1. The second kappa shape index (κ2) is 8.29. The molecule has 0 N–H and O–H groups in total. The van der Waals surface area contributed by atoms with Crippen molar-refractivity contribution >= 4 is 17.9 Å². The lowest BCUT2D eigenvalue weighted by atomic mass is 10.1. The van der Waals surface area contributed by atoms with E-state index in [9.17, 15) is 0 Å². The van der Waals surface area contributed by atoms with Gasteiger partial charge in [-0.2, -0.15) is 5.10 Å². The zero-order chi connectivity index (χ0) is 19.5. The zero-order valence-corrected chi connectivity index (χ0v) is 17.4. The molecule has 1 aromatic heterocycles. The van der Waals surface area contributed by atoms with Crippen LogP contribution in [0.4, 0.5) is 5.69 Å². The van der Waals surface area contributed by atoms with E-state index in [1.165, 1.54) is 16.8 Å². The average molecular weight is 394 g/mol. The van der Waals surface area contributed by atoms with Crippen LogP contribution in [0, 0.1) is 18.6 Å². The monoisotopic (exact) mass is 393 g/mol. The lowest BCUT2D eigenvalue weighted by Gasteiger charge is -2.36. The summed E-state index contributed by atoms with van der Waals surface area (Å²) in [7, 11) is 0. The molecule has 0 atom stereocenters. The Morgan fingerprint density at radius 2 is 1.57 bits per heavy atom. The standard InChI is InChI=1S/C22H27N5S/c1-18-8-6-7-11-21(18)25-14-12-24(13-15-25)17-27-22(28)26(19(2)23-27)16-20-9-4-3-5-10-20/h3-11H,12-17H2,1-2H3. The fourth-order valence-electron chi connectivity index (χ4n) is 3.83. The first-order chi connectivity index (χ1) is 13.6. The van der Waals surface area contributed by atoms with Gasteiger partial charge in [0.25, 0.3) is 0 Å². The Hall–Kier alpha value is -2.44. The highest BCUT2D eigenvalue weighted by molar-refractivity contribution is 7.71. The van der Waals surface area contributed by atoms with Crippen LogP contribution in [0.2, 0.25) is 0 Å². The van der Waals surface area contributed by atoms with Crippen molar-refractivity contribution in [2.45, 2.75) is 27.1 Å². The topological polar surface area (TPSA) is 29.2 Å². The number of hydrogen-bond acceptors (Lipinski definition) is 4. The van der Waals surface area contributed by atoms with Crippen molar-refractivity contribution in [2.24, 2.45) is 0 Å². The van der Waals surface area contributed by atoms with Gasteiger partial charge in [0.05, 0.1) is 13.2 Å². The van der Waals surface area contributed by atoms with E-state index in [-0.39, 0.29) is 0 Å². The molecule has 2 aromatic carbocycles. The molecule has 0 spiro atoms. The first-order valence-corrected chi connectivity index (χ1v) is 10.2. The Kier molecular flexibility index (Phi) is 5.59. The average Bonchev–Trinajstić information content (AvgIpc) is 2.97. The predicted octanol–water partition coefficient (Wildman–Crippen LogP) is 3.86. The van der Waals surface area contributed by atoms with Crippen LogP contribution in [0.15, 0.2) is 54.6 Å². The Balaban J connectivity index is 1.41. The predicted molar refractivity (Wildman–Crippen MR) is 116 cm³/mol. The zero-order valence-electron chi connectivity index (χ0n) is 16.6. The van der Waals surface area contributed by atoms with Crippen LogP contribution >= 0.6 is 12.2 Å². The molecular weight excluding hydrogens is 366 g/mol. The molecule has 0 radical (unpaired) electrons. The number of aryl methyl sites for hydroxylation is 2. The fourth-order valence-corrected chi connectivity index (χ4v) is 4.12. The van der Waals surface area contributed by atoms with Crippen molar-refractivity contribution in [3.8, 4) is 0 Å². The molecule has 1 aliphatic rings. The number of hydrogen-bond donors (Lipinski definition) is 0. The maximum atomic E-state index is 5.72. The van der Waals surface area contributed by atoms with Crippen LogP contribution in [-0.2, 0) is 13.2 Å². The number of nitrogens with zero attached hydrogens (tertiary/aromatic N) is 5. The van der Waals surface area contributed by atoms with E-state index in [2.05, 4.69) is 69.8 Å². The third-order valence-electron chi connectivity index (χ3n) is 5.45. The Labute approximate surface area is 171 Å². The summed E-state index contributed by atoms with van der Waals surface area (Å²) in [5, 5.41) is 4.71. The second-order valence-corrected chi connectivity index (χ2v) is 7.80. The highest BCUT2D eigenvalue weighted by Gasteiger charge is 2.19. The molecule has 1 fully saturated rings. The fraction of sp³-hybridized carbons (Fsp3) is 0.364. The van der Waals surface area contributed by atoms with Gasteiger partial charge in [-0.05, 0) is 43.3 Å². The molecule has 2 heterocycles. The minimum Gasteiger partial charge on any atom is -0.369 e. The van der Waals surface area contributed by atoms with Gasteiger partial charge in [-0.25, -0.2) is 4.68 Å². The molecule has 6 heteroatoms. The summed E-state index contributed by atoms with van der Waals surface area (Å²) >= 11 is 5.72. The maximum absolute atomic E-state index is 5.72. The van der Waals surface area contributed by atoms with Crippen LogP contribution < -0.4 is 4.90 Å². The molecule has 1 aliphatic heterocycles. The quantitative estimate of drug-likeness (QED) is 0.616. The highest BCUT2D eigenvalue weighted by Crippen LogP contribution is 2.21. The summed E-state index contributed by atoms with van der Waals surface area (Å²) in [4.78, 5) is 4.91. The lowest BCUT2D eigenvalue weighted by molar-refractivity contribution is 0.194. The van der Waals surface area contributed by atoms with E-state index in [4.69, 9.17) is 17.3 Å². The second-order valence-electron chi connectivity index (χ2n) is 7.43. The van der Waals surface area contributed by atoms with Gasteiger partial charge in [-0.15, -0.1) is 0 Å². The third kappa shape index (κ3) is 4.03. The van der Waals surface area contributed by atoms with Gasteiger partial charge >= 0.3 is 0 Å². The summed E-state index contributed by atoms with van der Waals surface area (Å²) in [6.07, 6.45) is 0. The van der Waals surface area contributed by atoms with Crippen molar-refractivity contribution in [3.05, 3.63) is 76.3 Å². The number of piperazine rings is 1. The number of aromatic nitrogens is 3. The molecule has 5 nitrogen and oxygen atoms in total. The van der Waals surface area contributed by atoms with Crippen LogP contribution in [0.25, 0.3) is 0 Å². The third-order valence-corrected chi connectivity index (χ3v) is 5.88. The lowest BCUT2D eigenvalue weighted by Crippen LogP contribution is -2.47. The molecule has 0 aliphatic carbocycles. The van der Waals surface area contributed by atoms with Gasteiger partial charge in [0.1, 0.15) is 5.82 Å². The number of anilines is 1. The Morgan fingerprint density at radius 3 is 2.29 bits per heavy atom. The van der Waals surface area contributed by atoms with Crippen molar-refractivity contribution in [3.63, 3.8) is 0 Å². The van der Waals surface area contributed by atoms with E-state index in [1.807, 2.05) is 17.7 Å². The molecular formula is C22H27N5S. The summed E-state index contributed by atoms with van der Waals surface area (Å²) in [6.45, 7) is 9.83. The molecule has 0 bridgehead atoms. The molecule has 1 saturated heterocycles. The van der Waals surface area contributed by atoms with Gasteiger partial charge in [-0.1, -0.05) is 48.5 Å². The van der Waals surface area contributed by atoms with Gasteiger partial charge in [0.15, 0.2) is 4.77 Å². The molecule has 0 saturated carbocycles. The van der Waals surface area contributed by atoms with E-state index in [1.54, 1.807) is 0 Å². The first kappa shape index (κ1) is 18.9. The summed E-state index contributed by atoms with van der Waals surface area (Å²) in [5.74, 6) is 0.965. The van der Waals surface area contributed by atoms with E-state index < -0.39 is 0 Å². The van der Waals surface area contributed by atoms with Crippen LogP contribution in [0.5, 0.6) is 0 Å². The highest BCUT2D eigenvalue weighted by atomic mass is 32.1. The van der Waals surface area contributed by atoms with Gasteiger partial charge in [0.2, 0.25) is 0 Å². The molecule has 146 valence electrons. The van der Waals surface area contributed by atoms with Gasteiger partial charge in [0, 0.05) is 31.9 Å². The van der Waals surface area contributed by atoms with E-state index in [0.717, 1.165) is 50.0 Å². The minimum atomic E-state index is 0.753. The summed E-state index contributed by atoms with van der Waals surface area (Å²) in [6, 6.07) is 19.0. The molecule has 0 amide bonds. The van der Waals surface area contributed by atoms with Gasteiger partial charge < -0.3 is 4.90 Å². The van der Waals surface area contributed by atoms with Crippen molar-refractivity contribution in [1.29, 1.82) is 0 Å². The summed E-state index contributed by atoms with van der Waals surface area (Å²) in [5.41, 5.74) is 3.93. The Bertz CT molecular complexity index is 984. The SMILES string of the molecule is Cc1ccccc1N1CCN(Cn2nc(C)n(Cc3ccccc3)c2=S)CC1. The minimum absolute atomic E-state index is 0.753. The summed E-state index contributed by atoms with van der Waals surface area (Å²) < 4.78 is 4.88. The molecule has 28 heavy (non-hydrogen) atoms. The molecule has 0 unspecified atom stereocenters. The van der Waals surface area contributed by atoms with Crippen molar-refractivity contribution < 1.29 is 0 Å². The largest absolute Gasteiger partial charge is 0.369 e. The molecule has 4 rings (SSSR count). The van der Waals surface area contributed by atoms with Crippen molar-refractivity contribution in [1.82, 2.24) is 19.2 Å². The van der Waals surface area contributed by atoms with E-state index >= 15 is 0 Å². The van der Waals surface area contributed by atoms with Crippen molar-refractivity contribution in [2.75, 3.05) is 31.1 Å². The number of rotatable bonds is 5. The van der Waals surface area contributed by atoms with Gasteiger partial charge in [-0.3, -0.25) is 9.47 Å². The first-order valence-electron chi connectivity index (χ1n) is 9.83. The van der Waals surface area contributed by atoms with Crippen LogP contribution in [0.3, 0.4) is 0 Å². The smallest absolute Gasteiger partial charge is 0.199 e.